The Bertz CT molecular complexity index is 1080. The first-order valence-corrected chi connectivity index (χ1v) is 9.95. The lowest BCUT2D eigenvalue weighted by atomic mass is 10.1. The summed E-state index contributed by atoms with van der Waals surface area (Å²) < 4.78 is 15.7. The van der Waals surface area contributed by atoms with Crippen LogP contribution in [0.5, 0.6) is 0 Å². The smallest absolute Gasteiger partial charge is 0.256 e. The van der Waals surface area contributed by atoms with Crippen LogP contribution in [0.2, 0.25) is 0 Å². The molecule has 0 aromatic carbocycles. The first kappa shape index (κ1) is 17.8. The molecule has 0 radical (unpaired) electrons. The van der Waals surface area contributed by atoms with Gasteiger partial charge < -0.3 is 5.32 Å². The number of aryl methyl sites for hydroxylation is 1. The minimum Gasteiger partial charge on any atom is -0.349 e. The topological polar surface area (TPSA) is 78.7 Å². The zero-order valence-electron chi connectivity index (χ0n) is 16.2. The second-order valence-corrected chi connectivity index (χ2v) is 7.60. The van der Waals surface area contributed by atoms with Gasteiger partial charge in [0, 0.05) is 37.5 Å². The summed E-state index contributed by atoms with van der Waals surface area (Å²) in [7, 11) is 0. The molecule has 9 heteroatoms. The summed E-state index contributed by atoms with van der Waals surface area (Å²) in [6.45, 7) is 3.50. The maximum absolute atomic E-state index is 14.1. The Hall–Kier alpha value is -3.23. The quantitative estimate of drug-likeness (QED) is 0.630. The number of aromatic nitrogens is 4. The highest BCUT2D eigenvalue weighted by atomic mass is 19.1. The van der Waals surface area contributed by atoms with Crippen molar-refractivity contribution in [1.82, 2.24) is 24.9 Å². The number of anilines is 2. The van der Waals surface area contributed by atoms with Crippen LogP contribution in [0.15, 0.2) is 30.7 Å². The van der Waals surface area contributed by atoms with E-state index in [-0.39, 0.29) is 17.8 Å². The zero-order chi connectivity index (χ0) is 20.0. The summed E-state index contributed by atoms with van der Waals surface area (Å²) in [6.07, 6.45) is 7.90. The zero-order valence-corrected chi connectivity index (χ0v) is 16.2. The van der Waals surface area contributed by atoms with E-state index in [0.29, 0.717) is 23.4 Å². The second-order valence-electron chi connectivity index (χ2n) is 7.60. The van der Waals surface area contributed by atoms with Gasteiger partial charge in [-0.3, -0.25) is 19.8 Å². The number of nitrogens with one attached hydrogen (secondary N) is 1. The van der Waals surface area contributed by atoms with Crippen LogP contribution in [-0.4, -0.2) is 44.6 Å². The first-order valence-electron chi connectivity index (χ1n) is 9.95. The number of rotatable bonds is 0. The molecule has 1 saturated heterocycles. The number of hydrogen-bond acceptors (Lipinski definition) is 6. The fraction of sp³-hybridized carbons (Fsp3) is 0.400. The molecule has 1 fully saturated rings. The van der Waals surface area contributed by atoms with Gasteiger partial charge in [-0.05, 0) is 32.6 Å². The standard InChI is InChI=1S/C20H22FN7O/c1-13-4-2-5-16-17(10-14(21)11-22-16)27-7-3-8-28(27)18-6-9-26-19(25-18)15(12-23-26)20(29)24-13/h6,9-13H,2-5,7-8H2,1H3,(H,24,29)/t13-/m1/s1. The van der Waals surface area contributed by atoms with Crippen molar-refractivity contribution < 1.29 is 9.18 Å². The Balaban J connectivity index is 1.66. The number of fused-ring (bicyclic) bond motifs is 5. The predicted molar refractivity (Wildman–Crippen MR) is 106 cm³/mol. The highest BCUT2D eigenvalue weighted by Crippen LogP contribution is 2.30. The van der Waals surface area contributed by atoms with Crippen LogP contribution in [0.4, 0.5) is 15.9 Å². The maximum Gasteiger partial charge on any atom is 0.256 e. The average molecular weight is 395 g/mol. The lowest BCUT2D eigenvalue weighted by Gasteiger charge is -2.32. The molecular weight excluding hydrogens is 373 g/mol. The molecule has 0 aliphatic carbocycles. The van der Waals surface area contributed by atoms with Crippen molar-refractivity contribution in [3.05, 3.63) is 47.8 Å². The third-order valence-electron chi connectivity index (χ3n) is 5.52. The summed E-state index contributed by atoms with van der Waals surface area (Å²) in [4.78, 5) is 21.9. The van der Waals surface area contributed by atoms with E-state index in [0.717, 1.165) is 43.7 Å². The minimum absolute atomic E-state index is 0.00393. The lowest BCUT2D eigenvalue weighted by molar-refractivity contribution is 0.0939. The molecule has 2 aliphatic heterocycles. The van der Waals surface area contributed by atoms with Crippen LogP contribution in [0.1, 0.15) is 42.2 Å². The van der Waals surface area contributed by atoms with Crippen molar-refractivity contribution in [2.75, 3.05) is 23.1 Å². The summed E-state index contributed by atoms with van der Waals surface area (Å²) in [5.74, 6) is 0.178. The van der Waals surface area contributed by atoms with E-state index in [1.165, 1.54) is 6.20 Å². The van der Waals surface area contributed by atoms with Crippen molar-refractivity contribution in [2.45, 2.75) is 38.6 Å². The maximum atomic E-state index is 14.1. The van der Waals surface area contributed by atoms with E-state index in [9.17, 15) is 9.18 Å². The van der Waals surface area contributed by atoms with Crippen LogP contribution in [-0.2, 0) is 6.42 Å². The minimum atomic E-state index is -0.348. The number of amides is 1. The molecule has 0 saturated carbocycles. The number of halogens is 1. The molecule has 29 heavy (non-hydrogen) atoms. The van der Waals surface area contributed by atoms with E-state index < -0.39 is 0 Å². The molecule has 8 nitrogen and oxygen atoms in total. The van der Waals surface area contributed by atoms with E-state index in [4.69, 9.17) is 4.98 Å². The van der Waals surface area contributed by atoms with Gasteiger partial charge in [0.05, 0.1) is 23.8 Å². The molecule has 1 N–H and O–H groups in total. The first-order chi connectivity index (χ1) is 14.1. The fourth-order valence-electron chi connectivity index (χ4n) is 4.09. The van der Waals surface area contributed by atoms with Gasteiger partial charge in [-0.25, -0.2) is 13.9 Å². The molecule has 0 spiro atoms. The second kappa shape index (κ2) is 6.98. The third-order valence-corrected chi connectivity index (χ3v) is 5.52. The normalized spacial score (nSPS) is 19.8. The van der Waals surface area contributed by atoms with Crippen molar-refractivity contribution in [2.24, 2.45) is 0 Å². The molecule has 2 aliphatic rings. The Labute approximate surface area is 167 Å². The Morgan fingerprint density at radius 1 is 1.21 bits per heavy atom. The van der Waals surface area contributed by atoms with Crippen LogP contribution in [0.3, 0.4) is 0 Å². The fourth-order valence-corrected chi connectivity index (χ4v) is 4.09. The largest absolute Gasteiger partial charge is 0.349 e. The van der Waals surface area contributed by atoms with E-state index >= 15 is 0 Å². The average Bonchev–Trinajstić information content (AvgIpc) is 3.35. The van der Waals surface area contributed by atoms with E-state index in [1.807, 2.05) is 18.0 Å². The molecule has 150 valence electrons. The lowest BCUT2D eigenvalue weighted by Crippen LogP contribution is -2.38. The number of carbonyl (C=O) groups excluding carboxylic acids is 1. The van der Waals surface area contributed by atoms with Gasteiger partial charge in [0.1, 0.15) is 11.4 Å². The van der Waals surface area contributed by atoms with Crippen LogP contribution < -0.4 is 15.3 Å². The summed E-state index contributed by atoms with van der Waals surface area (Å²) in [5.41, 5.74) is 2.61. The van der Waals surface area contributed by atoms with Crippen molar-refractivity contribution in [3.63, 3.8) is 0 Å². The van der Waals surface area contributed by atoms with Gasteiger partial charge in [0.15, 0.2) is 11.5 Å². The molecule has 1 atom stereocenters. The highest BCUT2D eigenvalue weighted by molar-refractivity contribution is 5.99. The van der Waals surface area contributed by atoms with Crippen molar-refractivity contribution in [1.29, 1.82) is 0 Å². The van der Waals surface area contributed by atoms with Gasteiger partial charge in [-0.15, -0.1) is 0 Å². The molecule has 5 rings (SSSR count). The number of pyridine rings is 1. The van der Waals surface area contributed by atoms with Crippen LogP contribution in [0.25, 0.3) is 5.65 Å². The van der Waals surface area contributed by atoms with Gasteiger partial charge in [-0.1, -0.05) is 0 Å². The summed E-state index contributed by atoms with van der Waals surface area (Å²) >= 11 is 0. The Morgan fingerprint density at radius 2 is 2.07 bits per heavy atom. The molecule has 3 aromatic heterocycles. The molecule has 0 unspecified atom stereocenters. The monoisotopic (exact) mass is 395 g/mol. The van der Waals surface area contributed by atoms with Crippen LogP contribution >= 0.6 is 0 Å². The number of carbonyl (C=O) groups is 1. The van der Waals surface area contributed by atoms with Gasteiger partial charge >= 0.3 is 0 Å². The highest BCUT2D eigenvalue weighted by Gasteiger charge is 2.28. The van der Waals surface area contributed by atoms with Crippen LogP contribution in [0, 0.1) is 5.82 Å². The molecule has 1 amide bonds. The van der Waals surface area contributed by atoms with Crippen molar-refractivity contribution in [3.8, 4) is 0 Å². The Morgan fingerprint density at radius 3 is 2.97 bits per heavy atom. The molecule has 5 heterocycles. The van der Waals surface area contributed by atoms with Crippen molar-refractivity contribution >= 4 is 23.1 Å². The van der Waals surface area contributed by atoms with E-state index in [2.05, 4.69) is 20.4 Å². The van der Waals surface area contributed by atoms with Gasteiger partial charge in [-0.2, -0.15) is 5.10 Å². The predicted octanol–water partition coefficient (Wildman–Crippen LogP) is 2.35. The number of hydrogen-bond donors (Lipinski definition) is 1. The third kappa shape index (κ3) is 3.16. The number of nitrogens with zero attached hydrogens (tertiary/aromatic N) is 6. The van der Waals surface area contributed by atoms with E-state index in [1.54, 1.807) is 23.0 Å². The molecule has 3 aromatic rings. The molecular formula is C20H22FN7O. The Kier molecular flexibility index (Phi) is 4.30. The summed E-state index contributed by atoms with van der Waals surface area (Å²) in [6, 6.07) is 3.41. The molecule has 2 bridgehead atoms. The van der Waals surface area contributed by atoms with Gasteiger partial charge in [0.2, 0.25) is 0 Å². The van der Waals surface area contributed by atoms with Gasteiger partial charge in [0.25, 0.3) is 5.91 Å². The summed E-state index contributed by atoms with van der Waals surface area (Å²) in [5, 5.41) is 11.4. The SMILES string of the molecule is C[C@@H]1CCCc2ncc(F)cc2N2CCCN2c2ccn3ncc(c3n2)C(=O)N1. The number of hydrazine groups is 1.